The molecule has 0 aromatic heterocycles. The summed E-state index contributed by atoms with van der Waals surface area (Å²) in [6.45, 7) is 0.0581. The van der Waals surface area contributed by atoms with Crippen molar-refractivity contribution < 1.29 is 26.3 Å². The third-order valence-electron chi connectivity index (χ3n) is 2.16. The number of hydrogen-bond donors (Lipinski definition) is 1. The van der Waals surface area contributed by atoms with Crippen molar-refractivity contribution in [3.8, 4) is 11.8 Å². The van der Waals surface area contributed by atoms with Gasteiger partial charge in [0.2, 0.25) is 0 Å². The minimum atomic E-state index is -4.89. The minimum absolute atomic E-state index is 0.0173. The lowest BCUT2D eigenvalue weighted by Crippen LogP contribution is -2.14. The Balaban J connectivity index is 3.47. The summed E-state index contributed by atoms with van der Waals surface area (Å²) in [5, 5.41) is 0. The van der Waals surface area contributed by atoms with Gasteiger partial charge < -0.3 is 5.73 Å². The first kappa shape index (κ1) is 15.4. The maximum atomic E-state index is 12.7. The predicted molar refractivity (Wildman–Crippen MR) is 57.0 cm³/mol. The van der Waals surface area contributed by atoms with Crippen LogP contribution in [0.5, 0.6) is 0 Å². The van der Waals surface area contributed by atoms with Gasteiger partial charge in [-0.1, -0.05) is 17.9 Å². The SMILES string of the molecule is NCCC#Cc1c(C(F)(F)F)cccc1C(F)(F)F. The van der Waals surface area contributed by atoms with E-state index in [1.807, 2.05) is 5.92 Å². The van der Waals surface area contributed by atoms with Gasteiger partial charge in [-0.15, -0.1) is 0 Å². The van der Waals surface area contributed by atoms with Crippen molar-refractivity contribution in [1.29, 1.82) is 0 Å². The molecule has 0 aliphatic carbocycles. The molecule has 2 N–H and O–H groups in total. The highest BCUT2D eigenvalue weighted by atomic mass is 19.4. The topological polar surface area (TPSA) is 26.0 Å². The van der Waals surface area contributed by atoms with Gasteiger partial charge in [0.25, 0.3) is 0 Å². The smallest absolute Gasteiger partial charge is 0.330 e. The van der Waals surface area contributed by atoms with Gasteiger partial charge in [-0.3, -0.25) is 0 Å². The first-order chi connectivity index (χ1) is 8.68. The molecule has 19 heavy (non-hydrogen) atoms. The number of nitrogens with two attached hydrogens (primary N) is 1. The van der Waals surface area contributed by atoms with Crippen LogP contribution in [-0.2, 0) is 12.4 Å². The molecule has 0 bridgehead atoms. The third-order valence-corrected chi connectivity index (χ3v) is 2.16. The number of halogens is 6. The highest BCUT2D eigenvalue weighted by Gasteiger charge is 2.40. The van der Waals surface area contributed by atoms with Crippen LogP contribution in [0.25, 0.3) is 0 Å². The van der Waals surface area contributed by atoms with Gasteiger partial charge >= 0.3 is 12.4 Å². The number of rotatable bonds is 1. The average molecular weight is 281 g/mol. The van der Waals surface area contributed by atoms with Gasteiger partial charge in [0.1, 0.15) is 0 Å². The van der Waals surface area contributed by atoms with Gasteiger partial charge in [0.05, 0.1) is 11.1 Å². The highest BCUT2D eigenvalue weighted by Crippen LogP contribution is 2.38. The lowest BCUT2D eigenvalue weighted by Gasteiger charge is -2.14. The predicted octanol–water partition coefficient (Wildman–Crippen LogP) is 3.42. The fourth-order valence-electron chi connectivity index (χ4n) is 1.38. The number of benzene rings is 1. The zero-order chi connectivity index (χ0) is 14.7. The van der Waals surface area contributed by atoms with Crippen LogP contribution >= 0.6 is 0 Å². The van der Waals surface area contributed by atoms with Gasteiger partial charge in [0.15, 0.2) is 0 Å². The molecule has 0 unspecified atom stereocenters. The van der Waals surface area contributed by atoms with Crippen LogP contribution in [-0.4, -0.2) is 6.54 Å². The number of hydrogen-bond acceptors (Lipinski definition) is 1. The molecule has 104 valence electrons. The van der Waals surface area contributed by atoms with Crippen LogP contribution in [0.1, 0.15) is 23.1 Å². The van der Waals surface area contributed by atoms with Crippen LogP contribution < -0.4 is 5.73 Å². The monoisotopic (exact) mass is 281 g/mol. The summed E-state index contributed by atoms with van der Waals surface area (Å²) >= 11 is 0. The molecule has 0 saturated carbocycles. The second kappa shape index (κ2) is 5.53. The van der Waals surface area contributed by atoms with E-state index in [1.54, 1.807) is 0 Å². The van der Waals surface area contributed by atoms with Crippen molar-refractivity contribution in [3.05, 3.63) is 34.9 Å². The molecule has 0 spiro atoms. The fourth-order valence-corrected chi connectivity index (χ4v) is 1.38. The normalized spacial score (nSPS) is 11.9. The van der Waals surface area contributed by atoms with Crippen LogP contribution in [0.15, 0.2) is 18.2 Å². The summed E-state index contributed by atoms with van der Waals surface area (Å²) in [5.41, 5.74) is 1.24. The van der Waals surface area contributed by atoms with E-state index in [0.717, 1.165) is 0 Å². The molecular weight excluding hydrogens is 272 g/mol. The second-order valence-corrected chi connectivity index (χ2v) is 3.56. The summed E-state index contributed by atoms with van der Waals surface area (Å²) in [6, 6.07) is 1.85. The third kappa shape index (κ3) is 3.89. The Morgan fingerprint density at radius 2 is 1.42 bits per heavy atom. The fraction of sp³-hybridized carbons (Fsp3) is 0.333. The average Bonchev–Trinajstić information content (AvgIpc) is 2.26. The van der Waals surface area contributed by atoms with E-state index in [-0.39, 0.29) is 13.0 Å². The molecule has 0 saturated heterocycles. The Labute approximate surface area is 105 Å². The van der Waals surface area contributed by atoms with E-state index >= 15 is 0 Å². The van der Waals surface area contributed by atoms with E-state index in [1.165, 1.54) is 0 Å². The van der Waals surface area contributed by atoms with E-state index in [4.69, 9.17) is 5.73 Å². The van der Waals surface area contributed by atoms with E-state index < -0.39 is 29.0 Å². The molecule has 0 amide bonds. The molecule has 7 heteroatoms. The van der Waals surface area contributed by atoms with Crippen molar-refractivity contribution in [2.75, 3.05) is 6.54 Å². The summed E-state index contributed by atoms with van der Waals surface area (Å²) in [7, 11) is 0. The molecule has 1 rings (SSSR count). The standard InChI is InChI=1S/C12H9F6N/c13-11(14,15)9-5-3-6-10(12(16,17)18)8(9)4-1-2-7-19/h3,5-6H,2,7,19H2. The van der Waals surface area contributed by atoms with Crippen molar-refractivity contribution >= 4 is 0 Å². The van der Waals surface area contributed by atoms with E-state index in [0.29, 0.717) is 18.2 Å². The van der Waals surface area contributed by atoms with Crippen LogP contribution in [0.2, 0.25) is 0 Å². The Morgan fingerprint density at radius 3 is 1.79 bits per heavy atom. The van der Waals surface area contributed by atoms with Crippen molar-refractivity contribution in [1.82, 2.24) is 0 Å². The second-order valence-electron chi connectivity index (χ2n) is 3.56. The highest BCUT2D eigenvalue weighted by molar-refractivity contribution is 5.50. The Morgan fingerprint density at radius 1 is 0.947 bits per heavy atom. The Bertz CT molecular complexity index is 471. The molecule has 0 radical (unpaired) electrons. The molecule has 0 aliphatic rings. The quantitative estimate of drug-likeness (QED) is 0.619. The minimum Gasteiger partial charge on any atom is -0.330 e. The molecule has 1 aromatic carbocycles. The lowest BCUT2D eigenvalue weighted by molar-refractivity contribution is -0.143. The van der Waals surface area contributed by atoms with Crippen LogP contribution in [0.3, 0.4) is 0 Å². The van der Waals surface area contributed by atoms with Crippen LogP contribution in [0.4, 0.5) is 26.3 Å². The zero-order valence-corrected chi connectivity index (χ0v) is 9.49. The first-order valence-electron chi connectivity index (χ1n) is 5.14. The molecule has 1 nitrogen and oxygen atoms in total. The van der Waals surface area contributed by atoms with E-state index in [2.05, 4.69) is 5.92 Å². The van der Waals surface area contributed by atoms with Gasteiger partial charge in [0, 0.05) is 18.5 Å². The summed E-state index contributed by atoms with van der Waals surface area (Å²) in [6.07, 6.45) is -9.77. The van der Waals surface area contributed by atoms with Gasteiger partial charge in [-0.2, -0.15) is 26.3 Å². The molecule has 0 atom stereocenters. The largest absolute Gasteiger partial charge is 0.417 e. The first-order valence-corrected chi connectivity index (χ1v) is 5.14. The maximum absolute atomic E-state index is 12.7. The summed E-state index contributed by atoms with van der Waals surface area (Å²) in [5.74, 6) is 4.13. The molecule has 0 fully saturated rings. The van der Waals surface area contributed by atoms with E-state index in [9.17, 15) is 26.3 Å². The molecule has 0 aliphatic heterocycles. The van der Waals surface area contributed by atoms with Crippen LogP contribution in [0, 0.1) is 11.8 Å². The number of alkyl halides is 6. The van der Waals surface area contributed by atoms with Gasteiger partial charge in [-0.25, -0.2) is 0 Å². The summed E-state index contributed by atoms with van der Waals surface area (Å²) < 4.78 is 76.0. The van der Waals surface area contributed by atoms with Crippen molar-refractivity contribution in [2.24, 2.45) is 5.73 Å². The maximum Gasteiger partial charge on any atom is 0.417 e. The Hall–Kier alpha value is -1.68. The molecule has 1 aromatic rings. The summed E-state index contributed by atoms with van der Waals surface area (Å²) in [4.78, 5) is 0. The van der Waals surface area contributed by atoms with Crippen molar-refractivity contribution in [2.45, 2.75) is 18.8 Å². The zero-order valence-electron chi connectivity index (χ0n) is 9.49. The molecular formula is C12H9F6N. The van der Waals surface area contributed by atoms with Crippen molar-refractivity contribution in [3.63, 3.8) is 0 Å². The van der Waals surface area contributed by atoms with Gasteiger partial charge in [-0.05, 0) is 12.1 Å². The molecule has 0 heterocycles. The Kier molecular flexibility index (Phi) is 4.48. The lowest BCUT2D eigenvalue weighted by atomic mass is 10.00.